The van der Waals surface area contributed by atoms with Gasteiger partial charge >= 0.3 is 17.9 Å². The second-order valence-corrected chi connectivity index (χ2v) is 19.2. The number of hydrogen-bond acceptors (Lipinski definition) is 6. The van der Waals surface area contributed by atoms with Crippen LogP contribution in [0.3, 0.4) is 0 Å². The first-order valence-electron chi connectivity index (χ1n) is 25.6. The Labute approximate surface area is 361 Å². The van der Waals surface area contributed by atoms with E-state index in [2.05, 4.69) is 41.5 Å². The molecule has 0 aliphatic carbocycles. The second-order valence-electron chi connectivity index (χ2n) is 19.2. The van der Waals surface area contributed by atoms with E-state index in [1.165, 1.54) is 161 Å². The van der Waals surface area contributed by atoms with Crippen molar-refractivity contribution in [2.24, 2.45) is 17.8 Å². The minimum absolute atomic E-state index is 0.0656. The van der Waals surface area contributed by atoms with Crippen molar-refractivity contribution < 1.29 is 28.6 Å². The predicted octanol–water partition coefficient (Wildman–Crippen LogP) is 16.4. The van der Waals surface area contributed by atoms with Crippen LogP contribution in [-0.4, -0.2) is 37.2 Å². The fourth-order valence-electron chi connectivity index (χ4n) is 7.76. The minimum Gasteiger partial charge on any atom is -0.462 e. The molecule has 0 saturated heterocycles. The van der Waals surface area contributed by atoms with Crippen LogP contribution < -0.4 is 0 Å². The first-order chi connectivity index (χ1) is 28.1. The quantitative estimate of drug-likeness (QED) is 0.0346. The zero-order valence-electron chi connectivity index (χ0n) is 39.8. The number of carbonyl (C=O) groups is 3. The predicted molar refractivity (Wildman–Crippen MR) is 247 cm³/mol. The standard InChI is InChI=1S/C52H100O6/c1-46(2)38-32-26-20-15-13-11-9-7-8-10-12-14-16-23-29-35-41-50(53)56-44-49(58-52(55)43-37-31-25-19-22-28-34-40-48(5)6)45-57-51(54)42-36-30-24-18-17-21-27-33-39-47(3)4/h46-49H,7-45H2,1-6H3/t49-/m0/s1. The van der Waals surface area contributed by atoms with E-state index < -0.39 is 6.10 Å². The minimum atomic E-state index is -0.763. The lowest BCUT2D eigenvalue weighted by atomic mass is 10.0. The topological polar surface area (TPSA) is 78.9 Å². The molecule has 0 aromatic rings. The highest BCUT2D eigenvalue weighted by Crippen LogP contribution is 2.17. The lowest BCUT2D eigenvalue weighted by Crippen LogP contribution is -2.30. The fraction of sp³-hybridized carbons (Fsp3) is 0.942. The van der Waals surface area contributed by atoms with Gasteiger partial charge in [0.25, 0.3) is 0 Å². The Morgan fingerprint density at radius 3 is 0.741 bits per heavy atom. The van der Waals surface area contributed by atoms with Gasteiger partial charge < -0.3 is 14.2 Å². The maximum absolute atomic E-state index is 12.7. The molecule has 0 rings (SSSR count). The van der Waals surface area contributed by atoms with Crippen molar-refractivity contribution >= 4 is 17.9 Å². The highest BCUT2D eigenvalue weighted by Gasteiger charge is 2.19. The summed E-state index contributed by atoms with van der Waals surface area (Å²) in [7, 11) is 0. The molecule has 58 heavy (non-hydrogen) atoms. The number of esters is 3. The molecule has 0 saturated carbocycles. The molecule has 6 heteroatoms. The highest BCUT2D eigenvalue weighted by atomic mass is 16.6. The Balaban J connectivity index is 4.22. The van der Waals surface area contributed by atoms with Crippen LogP contribution in [0.5, 0.6) is 0 Å². The van der Waals surface area contributed by atoms with E-state index in [1.807, 2.05) is 0 Å². The molecule has 0 aliphatic rings. The average Bonchev–Trinajstić information content (AvgIpc) is 3.18. The van der Waals surface area contributed by atoms with E-state index in [0.29, 0.717) is 19.3 Å². The molecule has 344 valence electrons. The van der Waals surface area contributed by atoms with Crippen LogP contribution in [0.4, 0.5) is 0 Å². The van der Waals surface area contributed by atoms with Crippen molar-refractivity contribution in [2.45, 2.75) is 285 Å². The first kappa shape index (κ1) is 56.4. The second kappa shape index (κ2) is 43.5. The van der Waals surface area contributed by atoms with Gasteiger partial charge in [0.05, 0.1) is 0 Å². The average molecular weight is 821 g/mol. The maximum Gasteiger partial charge on any atom is 0.306 e. The summed E-state index contributed by atoms with van der Waals surface area (Å²) in [5.74, 6) is 1.57. The van der Waals surface area contributed by atoms with E-state index in [9.17, 15) is 14.4 Å². The largest absolute Gasteiger partial charge is 0.462 e. The van der Waals surface area contributed by atoms with Crippen LogP contribution in [0.1, 0.15) is 279 Å². The van der Waals surface area contributed by atoms with Gasteiger partial charge in [0, 0.05) is 19.3 Å². The summed E-state index contributed by atoms with van der Waals surface area (Å²) >= 11 is 0. The van der Waals surface area contributed by atoms with E-state index in [4.69, 9.17) is 14.2 Å². The van der Waals surface area contributed by atoms with Crippen molar-refractivity contribution in [2.75, 3.05) is 13.2 Å². The van der Waals surface area contributed by atoms with E-state index in [-0.39, 0.29) is 31.1 Å². The highest BCUT2D eigenvalue weighted by molar-refractivity contribution is 5.71. The van der Waals surface area contributed by atoms with E-state index >= 15 is 0 Å². The van der Waals surface area contributed by atoms with E-state index in [0.717, 1.165) is 75.5 Å². The summed E-state index contributed by atoms with van der Waals surface area (Å²) in [6, 6.07) is 0. The molecule has 0 radical (unpaired) electrons. The lowest BCUT2D eigenvalue weighted by Gasteiger charge is -2.18. The third-order valence-corrected chi connectivity index (χ3v) is 11.6. The normalized spacial score (nSPS) is 12.2. The van der Waals surface area contributed by atoms with Crippen LogP contribution in [-0.2, 0) is 28.6 Å². The first-order valence-corrected chi connectivity index (χ1v) is 25.6. The van der Waals surface area contributed by atoms with Crippen molar-refractivity contribution in [3.63, 3.8) is 0 Å². The molecule has 0 heterocycles. The summed E-state index contributed by atoms with van der Waals surface area (Å²) in [6.07, 6.45) is 42.5. The lowest BCUT2D eigenvalue weighted by molar-refractivity contribution is -0.167. The Bertz CT molecular complexity index is 898. The van der Waals surface area contributed by atoms with Crippen molar-refractivity contribution in [3.8, 4) is 0 Å². The van der Waals surface area contributed by atoms with Gasteiger partial charge in [-0.25, -0.2) is 0 Å². The summed E-state index contributed by atoms with van der Waals surface area (Å²) < 4.78 is 16.8. The van der Waals surface area contributed by atoms with E-state index in [1.54, 1.807) is 0 Å². The third-order valence-electron chi connectivity index (χ3n) is 11.6. The van der Waals surface area contributed by atoms with Crippen LogP contribution in [0.15, 0.2) is 0 Å². The van der Waals surface area contributed by atoms with Gasteiger partial charge in [-0.2, -0.15) is 0 Å². The molecular weight excluding hydrogens is 721 g/mol. The molecule has 0 aromatic carbocycles. The zero-order valence-corrected chi connectivity index (χ0v) is 39.8. The summed E-state index contributed by atoms with van der Waals surface area (Å²) in [5.41, 5.74) is 0. The van der Waals surface area contributed by atoms with Crippen molar-refractivity contribution in [3.05, 3.63) is 0 Å². The molecule has 1 atom stereocenters. The Hall–Kier alpha value is -1.59. The monoisotopic (exact) mass is 821 g/mol. The number of ether oxygens (including phenoxy) is 3. The molecule has 6 nitrogen and oxygen atoms in total. The molecule has 0 spiro atoms. The third kappa shape index (κ3) is 45.5. The van der Waals surface area contributed by atoms with Crippen molar-refractivity contribution in [1.29, 1.82) is 0 Å². The summed E-state index contributed by atoms with van der Waals surface area (Å²) in [6.45, 7) is 13.6. The van der Waals surface area contributed by atoms with Crippen LogP contribution >= 0.6 is 0 Å². The molecule has 0 amide bonds. The summed E-state index contributed by atoms with van der Waals surface area (Å²) in [5, 5.41) is 0. The van der Waals surface area contributed by atoms with Gasteiger partial charge in [-0.15, -0.1) is 0 Å². The number of rotatable bonds is 45. The Morgan fingerprint density at radius 1 is 0.293 bits per heavy atom. The van der Waals surface area contributed by atoms with Gasteiger partial charge in [0.1, 0.15) is 13.2 Å². The van der Waals surface area contributed by atoms with Gasteiger partial charge in [-0.1, -0.05) is 241 Å². The summed E-state index contributed by atoms with van der Waals surface area (Å²) in [4.78, 5) is 37.8. The van der Waals surface area contributed by atoms with Gasteiger partial charge in [0.15, 0.2) is 6.10 Å². The van der Waals surface area contributed by atoms with Gasteiger partial charge in [-0.3, -0.25) is 14.4 Å². The molecule has 0 aliphatic heterocycles. The van der Waals surface area contributed by atoms with Gasteiger partial charge in [-0.05, 0) is 37.0 Å². The Kier molecular flexibility index (Phi) is 42.3. The van der Waals surface area contributed by atoms with Crippen molar-refractivity contribution in [1.82, 2.24) is 0 Å². The Morgan fingerprint density at radius 2 is 0.500 bits per heavy atom. The molecule has 0 aromatic heterocycles. The van der Waals surface area contributed by atoms with Crippen LogP contribution in [0.2, 0.25) is 0 Å². The molecule has 0 fully saturated rings. The smallest absolute Gasteiger partial charge is 0.306 e. The number of hydrogen-bond donors (Lipinski definition) is 0. The van der Waals surface area contributed by atoms with Crippen LogP contribution in [0.25, 0.3) is 0 Å². The molecule has 0 bridgehead atoms. The zero-order chi connectivity index (χ0) is 42.7. The number of carbonyl (C=O) groups excluding carboxylic acids is 3. The SMILES string of the molecule is CC(C)CCCCCCCCCCCCCCCCCCC(=O)OC[C@@H](COC(=O)CCCCCCCCCCC(C)C)OC(=O)CCCCCCCCCC(C)C. The molecular formula is C52H100O6. The molecule has 0 N–H and O–H groups in total. The van der Waals surface area contributed by atoms with Gasteiger partial charge in [0.2, 0.25) is 0 Å². The maximum atomic E-state index is 12.7. The molecule has 0 unspecified atom stereocenters. The fourth-order valence-corrected chi connectivity index (χ4v) is 7.76. The number of unbranched alkanes of at least 4 members (excludes halogenated alkanes) is 28. The van der Waals surface area contributed by atoms with Crippen LogP contribution in [0, 0.1) is 17.8 Å².